The quantitative estimate of drug-likeness (QED) is 0.732. The van der Waals surface area contributed by atoms with E-state index in [9.17, 15) is 4.79 Å². The summed E-state index contributed by atoms with van der Waals surface area (Å²) in [6.45, 7) is 9.72. The maximum Gasteiger partial charge on any atom is 0.312 e. The molecule has 2 N–H and O–H groups in total. The van der Waals surface area contributed by atoms with Crippen LogP contribution in [-0.4, -0.2) is 42.1 Å². The van der Waals surface area contributed by atoms with E-state index in [0.717, 1.165) is 19.5 Å². The molecule has 0 aromatic rings. The van der Waals surface area contributed by atoms with Crippen LogP contribution in [0.4, 0.5) is 0 Å². The maximum absolute atomic E-state index is 11.9. The van der Waals surface area contributed by atoms with E-state index in [-0.39, 0.29) is 24.0 Å². The lowest BCUT2D eigenvalue weighted by molar-refractivity contribution is -0.155. The molecule has 16 heavy (non-hydrogen) atoms. The summed E-state index contributed by atoms with van der Waals surface area (Å²) < 4.78 is 5.24. The largest absolute Gasteiger partial charge is 0.463 e. The number of nitrogens with zero attached hydrogens (tertiary/aromatic N) is 1. The van der Waals surface area contributed by atoms with Crippen molar-refractivity contribution in [3.63, 3.8) is 0 Å². The lowest BCUT2D eigenvalue weighted by atomic mass is 9.92. The molecule has 0 saturated carbocycles. The first-order valence-electron chi connectivity index (χ1n) is 6.12. The van der Waals surface area contributed by atoms with Gasteiger partial charge in [-0.2, -0.15) is 0 Å². The van der Waals surface area contributed by atoms with Crippen LogP contribution in [0.15, 0.2) is 0 Å². The van der Waals surface area contributed by atoms with Gasteiger partial charge in [-0.15, -0.1) is 0 Å². The molecule has 2 atom stereocenters. The molecule has 0 bridgehead atoms. The second kappa shape index (κ2) is 5.64. The van der Waals surface area contributed by atoms with Gasteiger partial charge in [-0.25, -0.2) is 0 Å². The molecule has 4 nitrogen and oxygen atoms in total. The number of hydrogen-bond donors (Lipinski definition) is 1. The van der Waals surface area contributed by atoms with Crippen LogP contribution in [0.3, 0.4) is 0 Å². The Balaban J connectivity index is 2.58. The highest BCUT2D eigenvalue weighted by atomic mass is 16.5. The Labute approximate surface area is 98.1 Å². The molecule has 0 radical (unpaired) electrons. The molecule has 1 fully saturated rings. The van der Waals surface area contributed by atoms with Crippen LogP contribution in [-0.2, 0) is 9.53 Å². The van der Waals surface area contributed by atoms with E-state index in [2.05, 4.69) is 18.7 Å². The molecular weight excluding hydrogens is 204 g/mol. The van der Waals surface area contributed by atoms with Crippen molar-refractivity contribution in [2.45, 2.75) is 52.3 Å². The number of ether oxygens (including phenoxy) is 1. The minimum absolute atomic E-state index is 0.0544. The molecule has 1 aliphatic heterocycles. The monoisotopic (exact) mass is 228 g/mol. The molecule has 1 rings (SSSR count). The summed E-state index contributed by atoms with van der Waals surface area (Å²) in [6.07, 6.45) is 0.810. The van der Waals surface area contributed by atoms with E-state index >= 15 is 0 Å². The number of likely N-dealkylation sites (tertiary alicyclic amines) is 1. The van der Waals surface area contributed by atoms with Crippen LogP contribution in [0.1, 0.15) is 34.1 Å². The molecular formula is C12H24N2O2. The van der Waals surface area contributed by atoms with Crippen molar-refractivity contribution < 1.29 is 9.53 Å². The zero-order valence-corrected chi connectivity index (χ0v) is 10.8. The summed E-state index contributed by atoms with van der Waals surface area (Å²) in [5.41, 5.74) is 5.99. The van der Waals surface area contributed by atoms with E-state index in [0.29, 0.717) is 6.04 Å². The zero-order chi connectivity index (χ0) is 12.3. The van der Waals surface area contributed by atoms with Gasteiger partial charge in [0.2, 0.25) is 0 Å². The fraction of sp³-hybridized carbons (Fsp3) is 0.917. The Morgan fingerprint density at radius 1 is 1.38 bits per heavy atom. The van der Waals surface area contributed by atoms with Crippen LogP contribution < -0.4 is 5.73 Å². The number of nitrogens with two attached hydrogens (primary N) is 1. The highest BCUT2D eigenvalue weighted by molar-refractivity contribution is 5.73. The van der Waals surface area contributed by atoms with E-state index in [1.54, 1.807) is 0 Å². The molecule has 0 amide bonds. The van der Waals surface area contributed by atoms with Crippen molar-refractivity contribution in [1.29, 1.82) is 0 Å². The predicted octanol–water partition coefficient (Wildman–Crippen LogP) is 0.996. The number of carbonyl (C=O) groups excluding carboxylic acids is 1. The Kier molecular flexibility index (Phi) is 4.74. The highest BCUT2D eigenvalue weighted by Crippen LogP contribution is 2.19. The zero-order valence-electron chi connectivity index (χ0n) is 10.8. The smallest absolute Gasteiger partial charge is 0.312 e. The van der Waals surface area contributed by atoms with Gasteiger partial charge in [-0.3, -0.25) is 9.69 Å². The Hall–Kier alpha value is -0.610. The third kappa shape index (κ3) is 3.46. The molecule has 1 aliphatic rings. The molecule has 0 spiro atoms. The van der Waals surface area contributed by atoms with Crippen molar-refractivity contribution in [3.8, 4) is 0 Å². The summed E-state index contributed by atoms with van der Waals surface area (Å²) >= 11 is 0. The van der Waals surface area contributed by atoms with E-state index in [1.165, 1.54) is 0 Å². The molecule has 0 aromatic heterocycles. The number of esters is 1. The SMILES string of the molecule is CC(C)OC(=O)[C@@H]1CN(C(C)C)CCC1N. The topological polar surface area (TPSA) is 55.6 Å². The molecule has 0 aliphatic carbocycles. The minimum atomic E-state index is -0.168. The Morgan fingerprint density at radius 2 is 2.00 bits per heavy atom. The molecule has 94 valence electrons. The standard InChI is InChI=1S/C12H24N2O2/c1-8(2)14-6-5-11(13)10(7-14)12(15)16-9(3)4/h8-11H,5-7,13H2,1-4H3/t10-,11?/m1/s1. The average molecular weight is 228 g/mol. The molecule has 4 heteroatoms. The van der Waals surface area contributed by atoms with Gasteiger partial charge in [-0.05, 0) is 40.7 Å². The fourth-order valence-corrected chi connectivity index (χ4v) is 2.03. The minimum Gasteiger partial charge on any atom is -0.463 e. The van der Waals surface area contributed by atoms with E-state index in [1.807, 2.05) is 13.8 Å². The normalized spacial score (nSPS) is 27.4. The predicted molar refractivity (Wildman–Crippen MR) is 64.0 cm³/mol. The van der Waals surface area contributed by atoms with Crippen molar-refractivity contribution in [3.05, 3.63) is 0 Å². The van der Waals surface area contributed by atoms with E-state index < -0.39 is 0 Å². The molecule has 1 heterocycles. The van der Waals surface area contributed by atoms with Crippen molar-refractivity contribution >= 4 is 5.97 Å². The third-order valence-electron chi connectivity index (χ3n) is 3.08. The third-order valence-corrected chi connectivity index (χ3v) is 3.08. The van der Waals surface area contributed by atoms with Crippen LogP contribution in [0.2, 0.25) is 0 Å². The van der Waals surface area contributed by atoms with Crippen molar-refractivity contribution in [2.75, 3.05) is 13.1 Å². The summed E-state index contributed by atoms with van der Waals surface area (Å²) in [7, 11) is 0. The lowest BCUT2D eigenvalue weighted by Crippen LogP contribution is -2.52. The van der Waals surface area contributed by atoms with Crippen LogP contribution in [0.5, 0.6) is 0 Å². The first kappa shape index (κ1) is 13.5. The summed E-state index contributed by atoms with van der Waals surface area (Å²) in [6, 6.07) is 0.406. The summed E-state index contributed by atoms with van der Waals surface area (Å²) in [4.78, 5) is 14.1. The first-order chi connectivity index (χ1) is 7.41. The Morgan fingerprint density at radius 3 is 2.50 bits per heavy atom. The number of hydrogen-bond acceptors (Lipinski definition) is 4. The second-order valence-corrected chi connectivity index (χ2v) is 5.13. The molecule has 0 aromatic carbocycles. The van der Waals surface area contributed by atoms with Crippen LogP contribution >= 0.6 is 0 Å². The fourth-order valence-electron chi connectivity index (χ4n) is 2.03. The first-order valence-corrected chi connectivity index (χ1v) is 6.12. The van der Waals surface area contributed by atoms with Crippen LogP contribution in [0, 0.1) is 5.92 Å². The maximum atomic E-state index is 11.9. The lowest BCUT2D eigenvalue weighted by Gasteiger charge is -2.38. The van der Waals surface area contributed by atoms with Gasteiger partial charge in [0.1, 0.15) is 0 Å². The van der Waals surface area contributed by atoms with Gasteiger partial charge >= 0.3 is 5.97 Å². The van der Waals surface area contributed by atoms with Gasteiger partial charge in [0, 0.05) is 18.6 Å². The molecule has 1 unspecified atom stereocenters. The average Bonchev–Trinajstić information content (AvgIpc) is 2.16. The van der Waals surface area contributed by atoms with E-state index in [4.69, 9.17) is 10.5 Å². The molecule has 1 saturated heterocycles. The van der Waals surface area contributed by atoms with Gasteiger partial charge in [0.25, 0.3) is 0 Å². The Bertz CT molecular complexity index is 241. The number of piperidine rings is 1. The van der Waals surface area contributed by atoms with Gasteiger partial charge < -0.3 is 10.5 Å². The van der Waals surface area contributed by atoms with Crippen molar-refractivity contribution in [2.24, 2.45) is 11.7 Å². The van der Waals surface area contributed by atoms with Gasteiger partial charge in [-0.1, -0.05) is 0 Å². The summed E-state index contributed by atoms with van der Waals surface area (Å²) in [5, 5.41) is 0. The summed E-state index contributed by atoms with van der Waals surface area (Å²) in [5.74, 6) is -0.314. The second-order valence-electron chi connectivity index (χ2n) is 5.13. The highest BCUT2D eigenvalue weighted by Gasteiger charge is 2.34. The van der Waals surface area contributed by atoms with Gasteiger partial charge in [0.05, 0.1) is 12.0 Å². The van der Waals surface area contributed by atoms with Crippen LogP contribution in [0.25, 0.3) is 0 Å². The van der Waals surface area contributed by atoms with Gasteiger partial charge in [0.15, 0.2) is 0 Å². The van der Waals surface area contributed by atoms with Crippen molar-refractivity contribution in [1.82, 2.24) is 4.90 Å². The number of carbonyl (C=O) groups is 1. The number of rotatable bonds is 3.